The van der Waals surface area contributed by atoms with Crippen molar-refractivity contribution >= 4 is 0 Å². The number of aromatic nitrogens is 1. The summed E-state index contributed by atoms with van der Waals surface area (Å²) in [4.78, 5) is 4.43. The number of pyridine rings is 1. The second-order valence-electron chi connectivity index (χ2n) is 4.96. The number of hydrogen-bond acceptors (Lipinski definition) is 4. The maximum Gasteiger partial charge on any atom is 0.145 e. The molecule has 0 saturated heterocycles. The predicted molar refractivity (Wildman–Crippen MR) is 83.4 cm³/mol. The van der Waals surface area contributed by atoms with Gasteiger partial charge in [-0.1, -0.05) is 25.1 Å². The Morgan fingerprint density at radius 3 is 2.71 bits per heavy atom. The first-order valence-corrected chi connectivity index (χ1v) is 7.30. The summed E-state index contributed by atoms with van der Waals surface area (Å²) in [6, 6.07) is 11.5. The highest BCUT2D eigenvalue weighted by atomic mass is 16.5. The second kappa shape index (κ2) is 7.76. The highest BCUT2D eigenvalue weighted by Crippen LogP contribution is 2.25. The third kappa shape index (κ3) is 4.28. The summed E-state index contributed by atoms with van der Waals surface area (Å²) < 4.78 is 5.77. The minimum atomic E-state index is -0.0420. The van der Waals surface area contributed by atoms with Crippen molar-refractivity contribution in [1.82, 2.24) is 10.3 Å². The Morgan fingerprint density at radius 2 is 2.05 bits per heavy atom. The molecule has 1 atom stereocenters. The molecule has 0 aliphatic rings. The zero-order valence-electron chi connectivity index (χ0n) is 12.5. The number of nitrogens with zero attached hydrogens (tertiary/aromatic N) is 1. The third-order valence-corrected chi connectivity index (χ3v) is 3.27. The summed E-state index contributed by atoms with van der Waals surface area (Å²) in [5, 5.41) is 12.7. The summed E-state index contributed by atoms with van der Waals surface area (Å²) in [6.45, 7) is 5.17. The lowest BCUT2D eigenvalue weighted by molar-refractivity contribution is 0.276. The maximum absolute atomic E-state index is 9.29. The van der Waals surface area contributed by atoms with Gasteiger partial charge < -0.3 is 15.2 Å². The van der Waals surface area contributed by atoms with Crippen LogP contribution in [0.3, 0.4) is 0 Å². The molecule has 1 aromatic heterocycles. The van der Waals surface area contributed by atoms with Gasteiger partial charge in [0.2, 0.25) is 0 Å². The molecule has 2 N–H and O–H groups in total. The van der Waals surface area contributed by atoms with E-state index in [4.69, 9.17) is 4.74 Å². The van der Waals surface area contributed by atoms with E-state index in [1.165, 1.54) is 0 Å². The molecule has 112 valence electrons. The van der Waals surface area contributed by atoms with Crippen LogP contribution in [0, 0.1) is 0 Å². The van der Waals surface area contributed by atoms with E-state index in [0.29, 0.717) is 11.5 Å². The van der Waals surface area contributed by atoms with Crippen molar-refractivity contribution in [3.05, 3.63) is 53.9 Å². The Morgan fingerprint density at radius 1 is 1.24 bits per heavy atom. The first kappa shape index (κ1) is 15.5. The molecule has 0 spiro atoms. The molecule has 4 nitrogen and oxygen atoms in total. The van der Waals surface area contributed by atoms with Gasteiger partial charge in [-0.3, -0.25) is 4.98 Å². The number of nitrogens with one attached hydrogen (secondary N) is 1. The Labute approximate surface area is 125 Å². The lowest BCUT2D eigenvalue weighted by Gasteiger charge is -2.13. The molecule has 0 radical (unpaired) electrons. The first-order valence-electron chi connectivity index (χ1n) is 7.30. The van der Waals surface area contributed by atoms with E-state index >= 15 is 0 Å². The van der Waals surface area contributed by atoms with Crippen molar-refractivity contribution in [2.45, 2.75) is 32.9 Å². The second-order valence-corrected chi connectivity index (χ2v) is 4.96. The largest absolute Gasteiger partial charge is 0.455 e. The van der Waals surface area contributed by atoms with Crippen molar-refractivity contribution < 1.29 is 9.84 Å². The molecule has 0 bridgehead atoms. The highest BCUT2D eigenvalue weighted by Gasteiger charge is 2.07. The van der Waals surface area contributed by atoms with E-state index in [1.807, 2.05) is 36.4 Å². The zero-order chi connectivity index (χ0) is 15.1. The van der Waals surface area contributed by atoms with Crippen molar-refractivity contribution in [3.8, 4) is 11.5 Å². The molecule has 0 amide bonds. The van der Waals surface area contributed by atoms with Crippen molar-refractivity contribution in [3.63, 3.8) is 0 Å². The number of hydrogen-bond donors (Lipinski definition) is 2. The molecule has 1 heterocycles. The first-order chi connectivity index (χ1) is 10.2. The maximum atomic E-state index is 9.29. The molecule has 2 rings (SSSR count). The SMILES string of the molecule is CCCNC(C)c1ccc(Oc2ccccc2CO)cn1. The molecule has 2 aromatic rings. The lowest BCUT2D eigenvalue weighted by atomic mass is 10.2. The van der Waals surface area contributed by atoms with Crippen LogP contribution in [-0.4, -0.2) is 16.6 Å². The topological polar surface area (TPSA) is 54.4 Å². The van der Waals surface area contributed by atoms with Crippen LogP contribution in [0.1, 0.15) is 37.6 Å². The molecule has 0 aliphatic carbocycles. The van der Waals surface area contributed by atoms with E-state index in [1.54, 1.807) is 6.20 Å². The molecule has 0 saturated carbocycles. The summed E-state index contributed by atoms with van der Waals surface area (Å²) >= 11 is 0. The smallest absolute Gasteiger partial charge is 0.145 e. The molecule has 1 unspecified atom stereocenters. The van der Waals surface area contributed by atoms with Gasteiger partial charge in [-0.05, 0) is 38.1 Å². The Hall–Kier alpha value is -1.91. The van der Waals surface area contributed by atoms with Gasteiger partial charge in [-0.15, -0.1) is 0 Å². The van der Waals surface area contributed by atoms with Gasteiger partial charge >= 0.3 is 0 Å². The lowest BCUT2D eigenvalue weighted by Crippen LogP contribution is -2.20. The van der Waals surface area contributed by atoms with Crippen LogP contribution in [0.5, 0.6) is 11.5 Å². The number of para-hydroxylation sites is 1. The molecular weight excluding hydrogens is 264 g/mol. The average Bonchev–Trinajstić information content (AvgIpc) is 2.54. The molecule has 1 aromatic carbocycles. The number of aliphatic hydroxyl groups is 1. The van der Waals surface area contributed by atoms with Crippen LogP contribution >= 0.6 is 0 Å². The monoisotopic (exact) mass is 286 g/mol. The Kier molecular flexibility index (Phi) is 5.72. The van der Waals surface area contributed by atoms with Gasteiger partial charge in [-0.25, -0.2) is 0 Å². The molecule has 0 fully saturated rings. The fourth-order valence-corrected chi connectivity index (χ4v) is 2.03. The van der Waals surface area contributed by atoms with E-state index in [-0.39, 0.29) is 12.6 Å². The zero-order valence-corrected chi connectivity index (χ0v) is 12.5. The van der Waals surface area contributed by atoms with E-state index in [9.17, 15) is 5.11 Å². The predicted octanol–water partition coefficient (Wildman–Crippen LogP) is 3.43. The van der Waals surface area contributed by atoms with Gasteiger partial charge in [-0.2, -0.15) is 0 Å². The summed E-state index contributed by atoms with van der Waals surface area (Å²) in [5.41, 5.74) is 1.76. The van der Waals surface area contributed by atoms with Crippen LogP contribution in [0.2, 0.25) is 0 Å². The summed E-state index contributed by atoms with van der Waals surface area (Å²) in [5.74, 6) is 1.33. The fourth-order valence-electron chi connectivity index (χ4n) is 2.03. The van der Waals surface area contributed by atoms with Crippen molar-refractivity contribution in [2.75, 3.05) is 6.54 Å². The average molecular weight is 286 g/mol. The quantitative estimate of drug-likeness (QED) is 0.819. The summed E-state index contributed by atoms with van der Waals surface area (Å²) in [7, 11) is 0. The van der Waals surface area contributed by atoms with Crippen LogP contribution in [0.4, 0.5) is 0 Å². The van der Waals surface area contributed by atoms with Gasteiger partial charge in [0.05, 0.1) is 18.5 Å². The minimum absolute atomic E-state index is 0.0420. The van der Waals surface area contributed by atoms with Crippen LogP contribution in [0.25, 0.3) is 0 Å². The normalized spacial score (nSPS) is 12.1. The van der Waals surface area contributed by atoms with E-state index < -0.39 is 0 Å². The number of benzene rings is 1. The molecule has 4 heteroatoms. The van der Waals surface area contributed by atoms with Crippen molar-refractivity contribution in [2.24, 2.45) is 0 Å². The van der Waals surface area contributed by atoms with E-state index in [0.717, 1.165) is 24.2 Å². The Bertz CT molecular complexity index is 555. The number of rotatable bonds is 7. The van der Waals surface area contributed by atoms with Crippen LogP contribution in [0.15, 0.2) is 42.6 Å². The molecule has 0 aliphatic heterocycles. The van der Waals surface area contributed by atoms with Crippen molar-refractivity contribution in [1.29, 1.82) is 0 Å². The number of ether oxygens (including phenoxy) is 1. The molecular formula is C17H22N2O2. The molecule has 21 heavy (non-hydrogen) atoms. The van der Waals surface area contributed by atoms with Gasteiger partial charge in [0.15, 0.2) is 0 Å². The van der Waals surface area contributed by atoms with Gasteiger partial charge in [0.1, 0.15) is 11.5 Å². The summed E-state index contributed by atoms with van der Waals surface area (Å²) in [6.07, 6.45) is 2.82. The fraction of sp³-hybridized carbons (Fsp3) is 0.353. The highest BCUT2D eigenvalue weighted by molar-refractivity contribution is 5.36. The van der Waals surface area contributed by atoms with Crippen LogP contribution < -0.4 is 10.1 Å². The van der Waals surface area contributed by atoms with E-state index in [2.05, 4.69) is 24.1 Å². The Balaban J connectivity index is 2.05. The standard InChI is InChI=1S/C17H22N2O2/c1-3-10-18-13(2)16-9-8-15(11-19-16)21-17-7-5-4-6-14(17)12-20/h4-9,11,13,18,20H,3,10,12H2,1-2H3. The minimum Gasteiger partial charge on any atom is -0.455 e. The van der Waals surface area contributed by atoms with Gasteiger partial charge in [0.25, 0.3) is 0 Å². The van der Waals surface area contributed by atoms with Crippen LogP contribution in [-0.2, 0) is 6.61 Å². The number of aliphatic hydroxyl groups excluding tert-OH is 1. The van der Waals surface area contributed by atoms with Gasteiger partial charge in [0, 0.05) is 11.6 Å². The third-order valence-electron chi connectivity index (χ3n) is 3.27.